The summed E-state index contributed by atoms with van der Waals surface area (Å²) in [6, 6.07) is 6.26. The van der Waals surface area contributed by atoms with Gasteiger partial charge in [0.05, 0.1) is 6.54 Å². The summed E-state index contributed by atoms with van der Waals surface area (Å²) in [4.78, 5) is 6.18. The number of para-hydroxylation sites is 1. The monoisotopic (exact) mass is 434 g/mol. The van der Waals surface area contributed by atoms with Crippen LogP contribution in [0.1, 0.15) is 37.7 Å². The van der Waals surface area contributed by atoms with E-state index in [2.05, 4.69) is 20.4 Å². The number of piperidine rings is 1. The fourth-order valence-electron chi connectivity index (χ4n) is 3.82. The second kappa shape index (κ2) is 9.80. The standard InChI is InChI=1S/C20H27F5N4O/c1-2-26-19(27-13-7-9-29(10-8-13)12-18(21)22)28-16-11-15(16)14-5-3-4-6-17(14)30-20(23,24)25/h3-6,13,15-16,18H,2,7-12H2,1H3,(H2,26,27,28). The molecule has 1 saturated heterocycles. The van der Waals surface area contributed by atoms with Crippen molar-refractivity contribution in [1.29, 1.82) is 0 Å². The molecule has 5 nitrogen and oxygen atoms in total. The quantitative estimate of drug-likeness (QED) is 0.390. The van der Waals surface area contributed by atoms with Gasteiger partial charge in [0.1, 0.15) is 5.75 Å². The summed E-state index contributed by atoms with van der Waals surface area (Å²) in [7, 11) is 0. The third kappa shape index (κ3) is 6.72. The van der Waals surface area contributed by atoms with Crippen molar-refractivity contribution in [2.75, 3.05) is 26.2 Å². The minimum Gasteiger partial charge on any atom is -0.405 e. The maximum atomic E-state index is 12.7. The molecule has 30 heavy (non-hydrogen) atoms. The van der Waals surface area contributed by atoms with Gasteiger partial charge in [0.15, 0.2) is 5.96 Å². The number of hydrogen-bond donors (Lipinski definition) is 2. The highest BCUT2D eigenvalue weighted by Gasteiger charge is 2.42. The number of aliphatic imine (C=N–C) groups is 1. The van der Waals surface area contributed by atoms with Crippen LogP contribution in [0.25, 0.3) is 0 Å². The Morgan fingerprint density at radius 1 is 1.20 bits per heavy atom. The van der Waals surface area contributed by atoms with Gasteiger partial charge in [-0.3, -0.25) is 9.89 Å². The Morgan fingerprint density at radius 2 is 1.90 bits per heavy atom. The Hall–Kier alpha value is -2.10. The first kappa shape index (κ1) is 22.6. The van der Waals surface area contributed by atoms with Crippen molar-refractivity contribution in [3.63, 3.8) is 0 Å². The molecule has 1 aromatic rings. The predicted molar refractivity (Wildman–Crippen MR) is 104 cm³/mol. The van der Waals surface area contributed by atoms with Gasteiger partial charge in [-0.2, -0.15) is 0 Å². The van der Waals surface area contributed by atoms with Gasteiger partial charge in [0.25, 0.3) is 6.43 Å². The molecule has 2 atom stereocenters. The largest absolute Gasteiger partial charge is 0.573 e. The van der Waals surface area contributed by atoms with Gasteiger partial charge in [-0.25, -0.2) is 8.78 Å². The second-order valence-electron chi connectivity index (χ2n) is 7.61. The van der Waals surface area contributed by atoms with Crippen molar-refractivity contribution in [2.45, 2.75) is 57.0 Å². The van der Waals surface area contributed by atoms with E-state index in [0.717, 1.165) is 12.8 Å². The van der Waals surface area contributed by atoms with Crippen molar-refractivity contribution >= 4 is 5.96 Å². The molecule has 2 aliphatic rings. The number of alkyl halides is 5. The van der Waals surface area contributed by atoms with E-state index < -0.39 is 12.8 Å². The number of benzene rings is 1. The molecule has 2 fully saturated rings. The van der Waals surface area contributed by atoms with Crippen LogP contribution >= 0.6 is 0 Å². The van der Waals surface area contributed by atoms with E-state index in [9.17, 15) is 22.0 Å². The smallest absolute Gasteiger partial charge is 0.405 e. The summed E-state index contributed by atoms with van der Waals surface area (Å²) in [5.74, 6) is 0.333. The average molecular weight is 434 g/mol. The first-order chi connectivity index (χ1) is 14.2. The topological polar surface area (TPSA) is 48.9 Å². The van der Waals surface area contributed by atoms with Gasteiger partial charge in [0, 0.05) is 37.6 Å². The molecule has 1 aliphatic heterocycles. The number of likely N-dealkylation sites (tertiary alicyclic amines) is 1. The Labute approximate surface area is 172 Å². The van der Waals surface area contributed by atoms with E-state index in [0.29, 0.717) is 37.6 Å². The van der Waals surface area contributed by atoms with E-state index in [1.54, 1.807) is 17.0 Å². The van der Waals surface area contributed by atoms with Gasteiger partial charge in [-0.05, 0) is 37.8 Å². The third-order valence-electron chi connectivity index (χ3n) is 5.30. The van der Waals surface area contributed by atoms with Crippen molar-refractivity contribution in [1.82, 2.24) is 15.5 Å². The first-order valence-corrected chi connectivity index (χ1v) is 10.2. The molecule has 10 heteroatoms. The van der Waals surface area contributed by atoms with E-state index in [1.807, 2.05) is 6.92 Å². The lowest BCUT2D eigenvalue weighted by Gasteiger charge is -2.32. The van der Waals surface area contributed by atoms with Crippen molar-refractivity contribution in [2.24, 2.45) is 4.99 Å². The van der Waals surface area contributed by atoms with Gasteiger partial charge in [-0.15, -0.1) is 13.2 Å². The summed E-state index contributed by atoms with van der Waals surface area (Å²) in [6.45, 7) is 3.42. The number of ether oxygens (including phenoxy) is 1. The molecule has 0 aromatic heterocycles. The zero-order valence-electron chi connectivity index (χ0n) is 16.8. The zero-order chi connectivity index (χ0) is 21.7. The van der Waals surface area contributed by atoms with Crippen LogP contribution in [-0.4, -0.2) is 61.9 Å². The van der Waals surface area contributed by atoms with Crippen LogP contribution in [0.4, 0.5) is 22.0 Å². The molecule has 1 aromatic carbocycles. The molecule has 2 N–H and O–H groups in total. The number of hydrogen-bond acceptors (Lipinski definition) is 3. The van der Waals surface area contributed by atoms with E-state index >= 15 is 0 Å². The average Bonchev–Trinajstić information content (AvgIpc) is 3.41. The molecule has 3 rings (SSSR count). The molecule has 0 spiro atoms. The highest BCUT2D eigenvalue weighted by molar-refractivity contribution is 5.81. The minimum atomic E-state index is -4.73. The first-order valence-electron chi connectivity index (χ1n) is 10.2. The van der Waals surface area contributed by atoms with Crippen molar-refractivity contribution < 1.29 is 26.7 Å². The Bertz CT molecular complexity index is 719. The molecule has 2 unspecified atom stereocenters. The lowest BCUT2D eigenvalue weighted by Crippen LogP contribution is -2.50. The van der Waals surface area contributed by atoms with Crippen molar-refractivity contribution in [3.8, 4) is 5.75 Å². The molecule has 1 heterocycles. The van der Waals surface area contributed by atoms with Crippen LogP contribution in [0.15, 0.2) is 29.3 Å². The lowest BCUT2D eigenvalue weighted by atomic mass is 10.1. The molecular weight excluding hydrogens is 407 g/mol. The van der Waals surface area contributed by atoms with Crippen LogP contribution in [0.3, 0.4) is 0 Å². The number of rotatable bonds is 7. The summed E-state index contributed by atoms with van der Waals surface area (Å²) >= 11 is 0. The van der Waals surface area contributed by atoms with Crippen LogP contribution < -0.4 is 15.4 Å². The number of halogens is 5. The molecule has 0 radical (unpaired) electrons. The molecule has 0 amide bonds. The number of nitrogens with zero attached hydrogens (tertiary/aromatic N) is 2. The van der Waals surface area contributed by atoms with Gasteiger partial charge in [-0.1, -0.05) is 18.2 Å². The fraction of sp³-hybridized carbons (Fsp3) is 0.650. The Kier molecular flexibility index (Phi) is 7.38. The lowest BCUT2D eigenvalue weighted by molar-refractivity contribution is -0.274. The van der Waals surface area contributed by atoms with Crippen LogP contribution in [0, 0.1) is 0 Å². The number of nitrogens with one attached hydrogen (secondary N) is 2. The maximum absolute atomic E-state index is 12.7. The zero-order valence-corrected chi connectivity index (χ0v) is 16.8. The normalized spacial score (nSPS) is 23.5. The van der Waals surface area contributed by atoms with Crippen molar-refractivity contribution in [3.05, 3.63) is 29.8 Å². The summed E-state index contributed by atoms with van der Waals surface area (Å²) in [5, 5.41) is 6.63. The van der Waals surface area contributed by atoms with Gasteiger partial charge >= 0.3 is 6.36 Å². The van der Waals surface area contributed by atoms with Gasteiger partial charge < -0.3 is 15.4 Å². The minimum absolute atomic E-state index is 0.0419. The number of guanidine groups is 1. The maximum Gasteiger partial charge on any atom is 0.573 e. The Morgan fingerprint density at radius 3 is 2.53 bits per heavy atom. The van der Waals surface area contributed by atoms with Crippen LogP contribution in [0.2, 0.25) is 0 Å². The summed E-state index contributed by atoms with van der Waals surface area (Å²) < 4.78 is 67.2. The molecule has 1 saturated carbocycles. The van der Waals surface area contributed by atoms with Gasteiger partial charge in [0.2, 0.25) is 0 Å². The molecule has 1 aliphatic carbocycles. The summed E-state index contributed by atoms with van der Waals surface area (Å²) in [6.07, 6.45) is -4.93. The van der Waals surface area contributed by atoms with Crippen LogP contribution in [0.5, 0.6) is 5.75 Å². The van der Waals surface area contributed by atoms with E-state index in [4.69, 9.17) is 0 Å². The molecular formula is C20H27F5N4O. The SMILES string of the molecule is CCN=C(NC1CCN(CC(F)F)CC1)NC1CC1c1ccccc1OC(F)(F)F. The van der Waals surface area contributed by atoms with E-state index in [-0.39, 0.29) is 30.3 Å². The summed E-state index contributed by atoms with van der Waals surface area (Å²) in [5.41, 5.74) is 0.517. The fourth-order valence-corrected chi connectivity index (χ4v) is 3.82. The van der Waals surface area contributed by atoms with E-state index in [1.165, 1.54) is 12.1 Å². The second-order valence-corrected chi connectivity index (χ2v) is 7.61. The highest BCUT2D eigenvalue weighted by atomic mass is 19.4. The molecule has 0 bridgehead atoms. The van der Waals surface area contributed by atoms with Crippen LogP contribution in [-0.2, 0) is 0 Å². The third-order valence-corrected chi connectivity index (χ3v) is 5.30. The predicted octanol–water partition coefficient (Wildman–Crippen LogP) is 3.73. The molecule has 168 valence electrons. The Balaban J connectivity index is 1.54. The highest BCUT2D eigenvalue weighted by Crippen LogP contribution is 2.45.